The number of hydrogen-bond acceptors (Lipinski definition) is 3. The third-order valence-corrected chi connectivity index (χ3v) is 9.81. The number of hydrogen-bond donors (Lipinski definition) is 0. The molecule has 1 aromatic rings. The zero-order valence-electron chi connectivity index (χ0n) is 28.2. The Bertz CT molecular complexity index is 690. The van der Waals surface area contributed by atoms with Crippen LogP contribution in [0.1, 0.15) is 181 Å². The predicted octanol–water partition coefficient (Wildman–Crippen LogP) is 12.4. The van der Waals surface area contributed by atoms with Crippen molar-refractivity contribution in [3.05, 3.63) is 23.4 Å². The molecule has 0 spiro atoms. The maximum absolute atomic E-state index is 6.18. The molecule has 0 amide bonds. The lowest BCUT2D eigenvalue weighted by Gasteiger charge is -2.39. The second-order valence-corrected chi connectivity index (χ2v) is 13.7. The SMILES string of the molecule is CCCCCCCCCCCCCCN(CCCCCCCCCCCCCC)C1CCN(c2cccc(Cl)n2)CC1. The highest BCUT2D eigenvalue weighted by atomic mass is 35.5. The highest BCUT2D eigenvalue weighted by molar-refractivity contribution is 6.29. The number of piperidine rings is 1. The maximum atomic E-state index is 6.18. The van der Waals surface area contributed by atoms with E-state index in [1.165, 1.54) is 180 Å². The van der Waals surface area contributed by atoms with Crippen LogP contribution in [0.15, 0.2) is 18.2 Å². The third-order valence-electron chi connectivity index (χ3n) is 9.60. The summed E-state index contributed by atoms with van der Waals surface area (Å²) in [6.45, 7) is 9.42. The van der Waals surface area contributed by atoms with Crippen molar-refractivity contribution in [3.63, 3.8) is 0 Å². The largest absolute Gasteiger partial charge is 0.356 e. The second kappa shape index (κ2) is 26.6. The van der Waals surface area contributed by atoms with Crippen LogP contribution in [-0.2, 0) is 0 Å². The Morgan fingerprint density at radius 1 is 0.595 bits per heavy atom. The van der Waals surface area contributed by atoms with Gasteiger partial charge in [-0.2, -0.15) is 0 Å². The van der Waals surface area contributed by atoms with Crippen LogP contribution < -0.4 is 4.90 Å². The molecule has 2 heterocycles. The predicted molar refractivity (Wildman–Crippen MR) is 188 cm³/mol. The third kappa shape index (κ3) is 18.8. The monoisotopic (exact) mass is 604 g/mol. The van der Waals surface area contributed by atoms with Crippen LogP contribution in [0, 0.1) is 0 Å². The molecule has 1 aromatic heterocycles. The van der Waals surface area contributed by atoms with E-state index < -0.39 is 0 Å². The summed E-state index contributed by atoms with van der Waals surface area (Å²) in [5, 5.41) is 0.607. The first kappa shape index (κ1) is 37.4. The molecule has 0 atom stereocenters. The van der Waals surface area contributed by atoms with Crippen LogP contribution in [0.2, 0.25) is 5.15 Å². The van der Waals surface area contributed by atoms with Crippen molar-refractivity contribution >= 4 is 17.4 Å². The lowest BCUT2D eigenvalue weighted by atomic mass is 10.0. The van der Waals surface area contributed by atoms with Gasteiger partial charge >= 0.3 is 0 Å². The minimum absolute atomic E-state index is 0.607. The topological polar surface area (TPSA) is 19.4 Å². The van der Waals surface area contributed by atoms with Crippen LogP contribution in [0.25, 0.3) is 0 Å². The molecule has 1 saturated heterocycles. The molecular formula is C38H70ClN3. The van der Waals surface area contributed by atoms with Crippen molar-refractivity contribution in [3.8, 4) is 0 Å². The fourth-order valence-electron chi connectivity index (χ4n) is 6.82. The number of rotatable bonds is 28. The summed E-state index contributed by atoms with van der Waals surface area (Å²) in [6.07, 6.45) is 36.9. The van der Waals surface area contributed by atoms with Gasteiger partial charge in [0.1, 0.15) is 11.0 Å². The minimum Gasteiger partial charge on any atom is -0.356 e. The van der Waals surface area contributed by atoms with Crippen molar-refractivity contribution in [2.45, 2.75) is 187 Å². The van der Waals surface area contributed by atoms with Crippen molar-refractivity contribution in [2.24, 2.45) is 0 Å². The first-order valence-electron chi connectivity index (χ1n) is 18.9. The van der Waals surface area contributed by atoms with Gasteiger partial charge in [0.15, 0.2) is 0 Å². The van der Waals surface area contributed by atoms with Crippen molar-refractivity contribution in [1.29, 1.82) is 0 Å². The maximum Gasteiger partial charge on any atom is 0.131 e. The van der Waals surface area contributed by atoms with E-state index in [4.69, 9.17) is 11.6 Å². The van der Waals surface area contributed by atoms with Crippen molar-refractivity contribution in [2.75, 3.05) is 31.1 Å². The molecule has 3 nitrogen and oxygen atoms in total. The van der Waals surface area contributed by atoms with E-state index in [1.54, 1.807) is 0 Å². The molecule has 0 aromatic carbocycles. The molecule has 0 N–H and O–H groups in total. The quantitative estimate of drug-likeness (QED) is 0.0701. The molecule has 42 heavy (non-hydrogen) atoms. The second-order valence-electron chi connectivity index (χ2n) is 13.4. The number of anilines is 1. The minimum atomic E-state index is 0.607. The lowest BCUT2D eigenvalue weighted by Crippen LogP contribution is -2.46. The average Bonchev–Trinajstić information content (AvgIpc) is 3.01. The fourth-order valence-corrected chi connectivity index (χ4v) is 6.98. The van der Waals surface area contributed by atoms with Crippen LogP contribution in [-0.4, -0.2) is 42.1 Å². The van der Waals surface area contributed by atoms with E-state index in [0.717, 1.165) is 24.9 Å². The molecule has 0 radical (unpaired) electrons. The summed E-state index contributed by atoms with van der Waals surface area (Å²) in [4.78, 5) is 9.89. The smallest absolute Gasteiger partial charge is 0.131 e. The summed E-state index contributed by atoms with van der Waals surface area (Å²) in [5.41, 5.74) is 0. The fraction of sp³-hybridized carbons (Fsp3) is 0.868. The van der Waals surface area contributed by atoms with Crippen LogP contribution in [0.5, 0.6) is 0 Å². The number of nitrogens with zero attached hydrogens (tertiary/aromatic N) is 3. The van der Waals surface area contributed by atoms with Gasteiger partial charge in [0.05, 0.1) is 0 Å². The summed E-state index contributed by atoms with van der Waals surface area (Å²) in [5.74, 6) is 1.05. The standard InChI is InChI=1S/C38H70ClN3/c1-3-5-7-9-11-13-15-17-19-21-23-25-32-41(33-26-24-22-20-18-16-14-12-10-8-6-4-2)36-30-34-42(35-31-36)38-29-27-28-37(39)40-38/h27-29,36H,3-26,30-35H2,1-2H3. The van der Waals surface area contributed by atoms with E-state index in [9.17, 15) is 0 Å². The lowest BCUT2D eigenvalue weighted by molar-refractivity contribution is 0.161. The molecule has 4 heteroatoms. The molecule has 1 aliphatic heterocycles. The van der Waals surface area contributed by atoms with Gasteiger partial charge in [-0.3, -0.25) is 0 Å². The van der Waals surface area contributed by atoms with E-state index in [2.05, 4.69) is 34.7 Å². The van der Waals surface area contributed by atoms with Gasteiger partial charge in [0.25, 0.3) is 0 Å². The van der Waals surface area contributed by atoms with E-state index in [0.29, 0.717) is 5.15 Å². The number of unbranched alkanes of at least 4 members (excludes halogenated alkanes) is 22. The zero-order valence-corrected chi connectivity index (χ0v) is 29.0. The molecule has 1 fully saturated rings. The van der Waals surface area contributed by atoms with Crippen LogP contribution in [0.4, 0.5) is 5.82 Å². The van der Waals surface area contributed by atoms with E-state index >= 15 is 0 Å². The Kier molecular flexibility index (Phi) is 23.7. The van der Waals surface area contributed by atoms with Gasteiger partial charge in [-0.25, -0.2) is 4.98 Å². The Morgan fingerprint density at radius 2 is 0.976 bits per heavy atom. The van der Waals surface area contributed by atoms with Gasteiger partial charge in [-0.15, -0.1) is 0 Å². The van der Waals surface area contributed by atoms with E-state index in [1.807, 2.05) is 12.1 Å². The van der Waals surface area contributed by atoms with Crippen molar-refractivity contribution < 1.29 is 0 Å². The Hall–Kier alpha value is -0.800. The van der Waals surface area contributed by atoms with Gasteiger partial charge < -0.3 is 9.80 Å². The molecule has 0 unspecified atom stereocenters. The van der Waals surface area contributed by atoms with Gasteiger partial charge in [0.2, 0.25) is 0 Å². The molecule has 1 aliphatic rings. The van der Waals surface area contributed by atoms with Gasteiger partial charge in [-0.05, 0) is 50.9 Å². The molecule has 0 saturated carbocycles. The summed E-state index contributed by atoms with van der Waals surface area (Å²) < 4.78 is 0. The summed E-state index contributed by atoms with van der Waals surface area (Å²) >= 11 is 6.18. The highest BCUT2D eigenvalue weighted by Crippen LogP contribution is 2.24. The molecule has 0 bridgehead atoms. The number of halogens is 1. The Labute approximate surface area is 268 Å². The van der Waals surface area contributed by atoms with Crippen LogP contribution in [0.3, 0.4) is 0 Å². The highest BCUT2D eigenvalue weighted by Gasteiger charge is 2.25. The summed E-state index contributed by atoms with van der Waals surface area (Å²) in [6, 6.07) is 6.76. The average molecular weight is 604 g/mol. The van der Waals surface area contributed by atoms with Gasteiger partial charge in [0, 0.05) is 19.1 Å². The Morgan fingerprint density at radius 3 is 1.36 bits per heavy atom. The molecule has 0 aliphatic carbocycles. The Balaban J connectivity index is 1.61. The molecule has 244 valence electrons. The first-order valence-corrected chi connectivity index (χ1v) is 19.2. The van der Waals surface area contributed by atoms with Crippen molar-refractivity contribution in [1.82, 2.24) is 9.88 Å². The normalized spacial score (nSPS) is 14.3. The molecule has 2 rings (SSSR count). The van der Waals surface area contributed by atoms with Gasteiger partial charge in [-0.1, -0.05) is 173 Å². The number of pyridine rings is 1. The summed E-state index contributed by atoms with van der Waals surface area (Å²) in [7, 11) is 0. The first-order chi connectivity index (χ1) is 20.7. The van der Waals surface area contributed by atoms with E-state index in [-0.39, 0.29) is 0 Å². The van der Waals surface area contributed by atoms with Crippen LogP contribution >= 0.6 is 11.6 Å². The zero-order chi connectivity index (χ0) is 29.9. The number of aromatic nitrogens is 1. The molecular weight excluding hydrogens is 534 g/mol.